The molecule has 30 heavy (non-hydrogen) atoms. The van der Waals surface area contributed by atoms with Crippen molar-refractivity contribution in [3.63, 3.8) is 0 Å². The number of nitro benzene ring substituents is 1. The molecule has 3 rings (SSSR count). The van der Waals surface area contributed by atoms with Gasteiger partial charge in [0.05, 0.1) is 21.7 Å². The SMILES string of the molecule is CCOCCn1c(=NC(=O)C=Cc2ccc([N+](=O)[O-])cc2)sc2cc(F)cc(F)c21. The Hall–Kier alpha value is -3.24. The van der Waals surface area contributed by atoms with Crippen molar-refractivity contribution in [2.45, 2.75) is 13.5 Å². The molecule has 7 nitrogen and oxygen atoms in total. The second-order valence-corrected chi connectivity index (χ2v) is 7.11. The van der Waals surface area contributed by atoms with E-state index in [0.29, 0.717) is 16.9 Å². The number of nitro groups is 1. The maximum Gasteiger partial charge on any atom is 0.272 e. The van der Waals surface area contributed by atoms with Crippen LogP contribution in [0.25, 0.3) is 16.3 Å². The van der Waals surface area contributed by atoms with Gasteiger partial charge in [-0.25, -0.2) is 8.78 Å². The van der Waals surface area contributed by atoms with Gasteiger partial charge in [0.2, 0.25) is 0 Å². The molecule has 0 fully saturated rings. The van der Waals surface area contributed by atoms with E-state index in [0.717, 1.165) is 17.4 Å². The first kappa shape index (κ1) is 21.5. The Morgan fingerprint density at radius 3 is 2.70 bits per heavy atom. The summed E-state index contributed by atoms with van der Waals surface area (Å²) in [6, 6.07) is 7.63. The summed E-state index contributed by atoms with van der Waals surface area (Å²) < 4.78 is 35.0. The van der Waals surface area contributed by atoms with Gasteiger partial charge >= 0.3 is 0 Å². The fourth-order valence-electron chi connectivity index (χ4n) is 2.73. The van der Waals surface area contributed by atoms with Gasteiger partial charge in [0.1, 0.15) is 5.82 Å². The first-order valence-corrected chi connectivity index (χ1v) is 9.78. The topological polar surface area (TPSA) is 86.7 Å². The van der Waals surface area contributed by atoms with Gasteiger partial charge in [0, 0.05) is 37.4 Å². The predicted octanol–water partition coefficient (Wildman–Crippen LogP) is 4.07. The quantitative estimate of drug-likeness (QED) is 0.243. The Morgan fingerprint density at radius 1 is 1.30 bits per heavy atom. The molecule has 0 aliphatic heterocycles. The number of thiazole rings is 1. The fourth-order valence-corrected chi connectivity index (χ4v) is 3.83. The van der Waals surface area contributed by atoms with Crippen molar-refractivity contribution in [2.24, 2.45) is 4.99 Å². The summed E-state index contributed by atoms with van der Waals surface area (Å²) in [7, 11) is 0. The lowest BCUT2D eigenvalue weighted by atomic mass is 10.2. The van der Waals surface area contributed by atoms with Crippen LogP contribution in [0.15, 0.2) is 47.5 Å². The lowest BCUT2D eigenvalue weighted by Gasteiger charge is -2.06. The van der Waals surface area contributed by atoms with Crippen LogP contribution in [0.4, 0.5) is 14.5 Å². The highest BCUT2D eigenvalue weighted by atomic mass is 32.1. The van der Waals surface area contributed by atoms with Crippen LogP contribution in [-0.2, 0) is 16.1 Å². The molecule has 0 spiro atoms. The van der Waals surface area contributed by atoms with Gasteiger partial charge in [-0.1, -0.05) is 11.3 Å². The third-order valence-corrected chi connectivity index (χ3v) is 5.11. The van der Waals surface area contributed by atoms with Crippen molar-refractivity contribution in [2.75, 3.05) is 13.2 Å². The largest absolute Gasteiger partial charge is 0.380 e. The molecule has 0 N–H and O–H groups in total. The summed E-state index contributed by atoms with van der Waals surface area (Å²) in [5, 5.41) is 10.7. The Morgan fingerprint density at radius 2 is 2.03 bits per heavy atom. The van der Waals surface area contributed by atoms with E-state index in [9.17, 15) is 23.7 Å². The zero-order chi connectivity index (χ0) is 21.7. The molecule has 3 aromatic rings. The summed E-state index contributed by atoms with van der Waals surface area (Å²) in [6.45, 7) is 2.82. The van der Waals surface area contributed by atoms with Crippen LogP contribution in [0, 0.1) is 21.7 Å². The molecule has 0 saturated carbocycles. The monoisotopic (exact) mass is 433 g/mol. The van der Waals surface area contributed by atoms with Gasteiger partial charge in [0.25, 0.3) is 11.6 Å². The van der Waals surface area contributed by atoms with E-state index in [1.54, 1.807) is 0 Å². The van der Waals surface area contributed by atoms with Gasteiger partial charge in [-0.15, -0.1) is 0 Å². The van der Waals surface area contributed by atoms with Crippen molar-refractivity contribution in [1.29, 1.82) is 0 Å². The van der Waals surface area contributed by atoms with Gasteiger partial charge in [0.15, 0.2) is 10.6 Å². The van der Waals surface area contributed by atoms with Gasteiger partial charge in [-0.05, 0) is 36.8 Å². The Balaban J connectivity index is 1.93. The molecule has 1 amide bonds. The Kier molecular flexibility index (Phi) is 6.80. The summed E-state index contributed by atoms with van der Waals surface area (Å²) >= 11 is 0.996. The lowest BCUT2D eigenvalue weighted by Crippen LogP contribution is -2.19. The number of carbonyl (C=O) groups is 1. The number of ether oxygens (including phenoxy) is 1. The van der Waals surface area contributed by atoms with Crippen molar-refractivity contribution in [1.82, 2.24) is 4.57 Å². The first-order valence-electron chi connectivity index (χ1n) is 8.96. The number of hydrogen-bond acceptors (Lipinski definition) is 5. The summed E-state index contributed by atoms with van der Waals surface area (Å²) in [6.07, 6.45) is 2.67. The number of non-ortho nitro benzene ring substituents is 1. The summed E-state index contributed by atoms with van der Waals surface area (Å²) in [5.41, 5.74) is 0.683. The van der Waals surface area contributed by atoms with Crippen LogP contribution in [0.1, 0.15) is 12.5 Å². The van der Waals surface area contributed by atoms with E-state index in [4.69, 9.17) is 4.74 Å². The minimum absolute atomic E-state index is 0.0574. The van der Waals surface area contributed by atoms with Gasteiger partial charge in [-0.2, -0.15) is 4.99 Å². The highest BCUT2D eigenvalue weighted by molar-refractivity contribution is 7.16. The molecule has 0 unspecified atom stereocenters. The van der Waals surface area contributed by atoms with Crippen LogP contribution in [0.5, 0.6) is 0 Å². The van der Waals surface area contributed by atoms with Crippen molar-refractivity contribution in [3.05, 3.63) is 74.6 Å². The Labute approximate surface area is 173 Å². The molecule has 2 aromatic carbocycles. The van der Waals surface area contributed by atoms with Crippen LogP contribution in [-0.4, -0.2) is 28.6 Å². The Bertz CT molecular complexity index is 1180. The molecule has 0 saturated heterocycles. The van der Waals surface area contributed by atoms with E-state index in [-0.39, 0.29) is 29.2 Å². The van der Waals surface area contributed by atoms with E-state index >= 15 is 0 Å². The van der Waals surface area contributed by atoms with Crippen LogP contribution >= 0.6 is 11.3 Å². The van der Waals surface area contributed by atoms with Gasteiger partial charge < -0.3 is 9.30 Å². The standard InChI is InChI=1S/C20H17F2N3O4S/c1-2-29-10-9-24-19-16(22)11-14(21)12-17(19)30-20(24)23-18(26)8-5-13-3-6-15(7-4-13)25(27)28/h3-8,11-12H,2,9-10H2,1H3. The van der Waals surface area contributed by atoms with Crippen molar-refractivity contribution in [3.8, 4) is 0 Å². The molecule has 0 atom stereocenters. The zero-order valence-electron chi connectivity index (χ0n) is 15.9. The number of amides is 1. The number of aromatic nitrogens is 1. The number of hydrogen-bond donors (Lipinski definition) is 0. The third-order valence-electron chi connectivity index (χ3n) is 4.09. The maximum atomic E-state index is 14.3. The summed E-state index contributed by atoms with van der Waals surface area (Å²) in [4.78, 5) is 26.7. The molecule has 0 aliphatic rings. The number of rotatable bonds is 7. The third kappa shape index (κ3) is 5.02. The second-order valence-electron chi connectivity index (χ2n) is 6.10. The molecule has 0 aliphatic carbocycles. The van der Waals surface area contributed by atoms with Crippen LogP contribution in [0.3, 0.4) is 0 Å². The molecule has 10 heteroatoms. The number of nitrogens with zero attached hydrogens (tertiary/aromatic N) is 3. The normalized spacial score (nSPS) is 12.2. The highest BCUT2D eigenvalue weighted by Crippen LogP contribution is 2.22. The molecule has 0 radical (unpaired) electrons. The summed E-state index contributed by atoms with van der Waals surface area (Å²) in [5.74, 6) is -2.06. The van der Waals surface area contributed by atoms with E-state index in [2.05, 4.69) is 4.99 Å². The van der Waals surface area contributed by atoms with Gasteiger partial charge in [-0.3, -0.25) is 14.9 Å². The number of fused-ring (bicyclic) bond motifs is 1. The smallest absolute Gasteiger partial charge is 0.272 e. The van der Waals surface area contributed by atoms with Crippen LogP contribution in [0.2, 0.25) is 0 Å². The number of halogens is 2. The van der Waals surface area contributed by atoms with Crippen LogP contribution < -0.4 is 4.80 Å². The fraction of sp³-hybridized carbons (Fsp3) is 0.200. The zero-order valence-corrected chi connectivity index (χ0v) is 16.7. The number of carbonyl (C=O) groups excluding carboxylic acids is 1. The molecule has 156 valence electrons. The minimum atomic E-state index is -0.743. The second kappa shape index (κ2) is 9.51. The molecule has 0 bridgehead atoms. The molecule has 1 heterocycles. The first-order chi connectivity index (χ1) is 14.4. The molecule has 1 aromatic heterocycles. The highest BCUT2D eigenvalue weighted by Gasteiger charge is 2.13. The predicted molar refractivity (Wildman–Crippen MR) is 109 cm³/mol. The van der Waals surface area contributed by atoms with Crippen molar-refractivity contribution < 1.29 is 23.2 Å². The maximum absolute atomic E-state index is 14.3. The van der Waals surface area contributed by atoms with E-state index in [1.165, 1.54) is 47.1 Å². The van der Waals surface area contributed by atoms with Crippen molar-refractivity contribution >= 4 is 39.2 Å². The average molecular weight is 433 g/mol. The molecular formula is C20H17F2N3O4S. The van der Waals surface area contributed by atoms with E-state index in [1.807, 2.05) is 6.92 Å². The number of benzene rings is 2. The van der Waals surface area contributed by atoms with E-state index < -0.39 is 22.5 Å². The molecular weight excluding hydrogens is 416 g/mol. The average Bonchev–Trinajstić information content (AvgIpc) is 3.04. The lowest BCUT2D eigenvalue weighted by molar-refractivity contribution is -0.384. The minimum Gasteiger partial charge on any atom is -0.380 e.